The second-order valence-electron chi connectivity index (χ2n) is 12.0. The fraction of sp³-hybridized carbons (Fsp3) is 0.154. The zero-order valence-electron chi connectivity index (χ0n) is 27.7. The van der Waals surface area contributed by atoms with Gasteiger partial charge in [0.2, 0.25) is 11.2 Å². The summed E-state index contributed by atoms with van der Waals surface area (Å²) in [5.74, 6) is -2.99. The molecule has 0 bridgehead atoms. The molecule has 2 heterocycles. The molecule has 2 aromatic heterocycles. The number of aromatic amines is 1. The standard InChI is InChI=1S/C39H34FN3O8S/c1-51-32-17-22(19-41-21-31(45)27-11-13-30(44)36-28(27)12-15-34(46)43-36)16-29(40)35(32)37(47)42-20-26-10-14-33(52-26)23-6-5-9-25(18-23)39(50,38(48)49)24-7-3-2-4-8-24/h2-18,31,41,44-45,50H,19-21H2,1H3,(H,42,47)(H,43,46)(H,48,49). The molecular weight excluding hydrogens is 690 g/mol. The minimum absolute atomic E-state index is 0.0244. The van der Waals surface area contributed by atoms with E-state index in [1.54, 1.807) is 66.7 Å². The van der Waals surface area contributed by atoms with Crippen molar-refractivity contribution in [2.75, 3.05) is 13.7 Å². The Balaban J connectivity index is 1.10. The lowest BCUT2D eigenvalue weighted by molar-refractivity contribution is -0.155. The van der Waals surface area contributed by atoms with Crippen molar-refractivity contribution in [3.63, 3.8) is 0 Å². The van der Waals surface area contributed by atoms with E-state index in [0.29, 0.717) is 22.1 Å². The highest BCUT2D eigenvalue weighted by Crippen LogP contribution is 2.35. The van der Waals surface area contributed by atoms with Crippen molar-refractivity contribution in [1.29, 1.82) is 0 Å². The monoisotopic (exact) mass is 723 g/mol. The highest BCUT2D eigenvalue weighted by molar-refractivity contribution is 7.15. The van der Waals surface area contributed by atoms with E-state index in [1.165, 1.54) is 48.8 Å². The molecule has 0 saturated carbocycles. The number of carboxylic acid groups (broad SMARTS) is 1. The van der Waals surface area contributed by atoms with Crippen LogP contribution >= 0.6 is 11.3 Å². The molecule has 0 aliphatic carbocycles. The molecule has 6 aromatic rings. The summed E-state index contributed by atoms with van der Waals surface area (Å²) in [4.78, 5) is 41.2. The molecule has 0 spiro atoms. The summed E-state index contributed by atoms with van der Waals surface area (Å²) < 4.78 is 20.7. The van der Waals surface area contributed by atoms with E-state index in [9.17, 15) is 34.8 Å². The number of thiophene rings is 1. The van der Waals surface area contributed by atoms with Crippen molar-refractivity contribution in [2.45, 2.75) is 24.8 Å². The van der Waals surface area contributed by atoms with Crippen LogP contribution in [0.4, 0.5) is 4.39 Å². The summed E-state index contributed by atoms with van der Waals surface area (Å²) in [5, 5.41) is 48.5. The number of methoxy groups -OCH3 is 1. The molecule has 0 aliphatic rings. The number of halogens is 1. The predicted molar refractivity (Wildman–Crippen MR) is 194 cm³/mol. The molecule has 0 radical (unpaired) electrons. The topological polar surface area (TPSA) is 181 Å². The lowest BCUT2D eigenvalue weighted by Gasteiger charge is -2.25. The van der Waals surface area contributed by atoms with Crippen LogP contribution in [0, 0.1) is 5.82 Å². The first-order chi connectivity index (χ1) is 25.0. The van der Waals surface area contributed by atoms with Crippen molar-refractivity contribution in [3.8, 4) is 21.9 Å². The Morgan fingerprint density at radius 1 is 0.942 bits per heavy atom. The first-order valence-corrected chi connectivity index (χ1v) is 16.9. The van der Waals surface area contributed by atoms with E-state index in [2.05, 4.69) is 15.6 Å². The number of nitrogens with one attached hydrogen (secondary N) is 3. The summed E-state index contributed by atoms with van der Waals surface area (Å²) in [6.45, 7) is 0.273. The van der Waals surface area contributed by atoms with Gasteiger partial charge >= 0.3 is 5.97 Å². The summed E-state index contributed by atoms with van der Waals surface area (Å²) in [7, 11) is 1.33. The molecule has 0 aliphatic heterocycles. The number of fused-ring (bicyclic) bond motifs is 1. The number of benzene rings is 4. The summed E-state index contributed by atoms with van der Waals surface area (Å²) in [5.41, 5.74) is -0.676. The van der Waals surface area contributed by atoms with Crippen LogP contribution in [-0.2, 0) is 23.5 Å². The van der Waals surface area contributed by atoms with Gasteiger partial charge in [0, 0.05) is 39.9 Å². The maximum Gasteiger partial charge on any atom is 0.345 e. The third-order valence-electron chi connectivity index (χ3n) is 8.64. The van der Waals surface area contributed by atoms with Crippen molar-refractivity contribution in [3.05, 3.63) is 152 Å². The zero-order chi connectivity index (χ0) is 37.0. The van der Waals surface area contributed by atoms with E-state index >= 15 is 4.39 Å². The van der Waals surface area contributed by atoms with Gasteiger partial charge in [-0.25, -0.2) is 9.18 Å². The number of carbonyl (C=O) groups excluding carboxylic acids is 1. The maximum absolute atomic E-state index is 15.4. The number of amides is 1. The van der Waals surface area contributed by atoms with Gasteiger partial charge in [-0.2, -0.15) is 0 Å². The zero-order valence-corrected chi connectivity index (χ0v) is 28.5. The molecular formula is C39H34FN3O8S. The molecule has 13 heteroatoms. The molecule has 52 heavy (non-hydrogen) atoms. The highest BCUT2D eigenvalue weighted by atomic mass is 32.1. The Kier molecular flexibility index (Phi) is 10.5. The smallest absolute Gasteiger partial charge is 0.345 e. The number of hydrogen-bond donors (Lipinski definition) is 7. The summed E-state index contributed by atoms with van der Waals surface area (Å²) in [6.07, 6.45) is -1.02. The number of aliphatic hydroxyl groups excluding tert-OH is 1. The summed E-state index contributed by atoms with van der Waals surface area (Å²) >= 11 is 1.35. The number of rotatable bonds is 13. The van der Waals surface area contributed by atoms with Gasteiger partial charge in [0.25, 0.3) is 5.91 Å². The van der Waals surface area contributed by atoms with Crippen molar-refractivity contribution in [2.24, 2.45) is 0 Å². The minimum Gasteiger partial charge on any atom is -0.506 e. The van der Waals surface area contributed by atoms with E-state index in [-0.39, 0.29) is 53.3 Å². The van der Waals surface area contributed by atoms with E-state index in [0.717, 1.165) is 9.75 Å². The number of aromatic hydroxyl groups is 1. The molecule has 2 atom stereocenters. The third-order valence-corrected chi connectivity index (χ3v) is 9.78. The van der Waals surface area contributed by atoms with Crippen LogP contribution in [0.5, 0.6) is 11.5 Å². The van der Waals surface area contributed by atoms with Crippen LogP contribution in [-0.4, -0.2) is 50.9 Å². The fourth-order valence-electron chi connectivity index (χ4n) is 6.01. The van der Waals surface area contributed by atoms with E-state index in [1.807, 2.05) is 6.07 Å². The van der Waals surface area contributed by atoms with Gasteiger partial charge in [-0.05, 0) is 64.7 Å². The van der Waals surface area contributed by atoms with Gasteiger partial charge in [-0.1, -0.05) is 54.6 Å². The number of phenols is 1. The average Bonchev–Trinajstić information content (AvgIpc) is 3.63. The Bertz CT molecular complexity index is 2330. The van der Waals surface area contributed by atoms with Crippen LogP contribution in [0.15, 0.2) is 108 Å². The van der Waals surface area contributed by atoms with Gasteiger partial charge in [0.05, 0.1) is 25.3 Å². The van der Waals surface area contributed by atoms with Gasteiger partial charge in [-0.3, -0.25) is 9.59 Å². The average molecular weight is 724 g/mol. The first kappa shape index (κ1) is 35.9. The van der Waals surface area contributed by atoms with Gasteiger partial charge in [0.1, 0.15) is 22.9 Å². The number of aliphatic carboxylic acids is 1. The predicted octanol–water partition coefficient (Wildman–Crippen LogP) is 5.18. The quantitative estimate of drug-likeness (QED) is 0.0845. The highest BCUT2D eigenvalue weighted by Gasteiger charge is 2.40. The SMILES string of the molecule is COc1cc(CNCC(O)c2ccc(O)c3[nH]c(=O)ccc23)cc(F)c1C(=O)NCc1ccc(-c2cccc(C(O)(C(=O)O)c3ccccc3)c2)s1. The first-order valence-electron chi connectivity index (χ1n) is 16.1. The lowest BCUT2D eigenvalue weighted by Crippen LogP contribution is -2.36. The fourth-order valence-corrected chi connectivity index (χ4v) is 6.95. The minimum atomic E-state index is -2.26. The Hall–Kier alpha value is -5.86. The Labute approximate surface area is 300 Å². The van der Waals surface area contributed by atoms with Crippen molar-refractivity contribution < 1.29 is 39.1 Å². The Morgan fingerprint density at radius 2 is 1.71 bits per heavy atom. The van der Waals surface area contributed by atoms with Gasteiger partial charge in [0.15, 0.2) is 0 Å². The molecule has 0 fully saturated rings. The molecule has 2 unspecified atom stereocenters. The van der Waals surface area contributed by atoms with Gasteiger partial charge in [-0.15, -0.1) is 11.3 Å². The van der Waals surface area contributed by atoms with Crippen LogP contribution < -0.4 is 20.9 Å². The molecule has 7 N–H and O–H groups in total. The van der Waals surface area contributed by atoms with Crippen molar-refractivity contribution in [1.82, 2.24) is 15.6 Å². The van der Waals surface area contributed by atoms with Gasteiger partial charge < -0.3 is 40.8 Å². The molecule has 6 rings (SSSR count). The molecule has 266 valence electrons. The number of hydrogen-bond acceptors (Lipinski definition) is 9. The second-order valence-corrected chi connectivity index (χ2v) is 13.2. The maximum atomic E-state index is 15.4. The van der Waals surface area contributed by atoms with Crippen LogP contribution in [0.2, 0.25) is 0 Å². The number of carboxylic acids is 1. The number of ether oxygens (including phenoxy) is 1. The molecule has 0 saturated heterocycles. The lowest BCUT2D eigenvalue weighted by atomic mass is 9.85. The largest absolute Gasteiger partial charge is 0.506 e. The van der Waals surface area contributed by atoms with Crippen molar-refractivity contribution >= 4 is 34.1 Å². The number of phenolic OH excluding ortho intramolecular Hbond substituents is 1. The van der Waals surface area contributed by atoms with E-state index < -0.39 is 35.0 Å². The summed E-state index contributed by atoms with van der Waals surface area (Å²) in [6, 6.07) is 26.9. The van der Waals surface area contributed by atoms with Crippen LogP contribution in [0.1, 0.15) is 43.6 Å². The van der Waals surface area contributed by atoms with Crippen LogP contribution in [0.25, 0.3) is 21.3 Å². The van der Waals surface area contributed by atoms with Crippen LogP contribution in [0.3, 0.4) is 0 Å². The number of H-pyrrole nitrogens is 1. The number of carbonyl (C=O) groups is 2. The second kappa shape index (κ2) is 15.2. The third kappa shape index (κ3) is 7.29. The number of aromatic nitrogens is 1. The van der Waals surface area contributed by atoms with E-state index in [4.69, 9.17) is 4.74 Å². The molecule has 4 aromatic carbocycles. The number of pyridine rings is 1. The Morgan fingerprint density at radius 3 is 2.46 bits per heavy atom. The number of aliphatic hydroxyl groups is 2. The normalized spacial score (nSPS) is 13.0. The molecule has 1 amide bonds. The molecule has 11 nitrogen and oxygen atoms in total.